The van der Waals surface area contributed by atoms with Gasteiger partial charge in [-0.1, -0.05) is 5.92 Å². The van der Waals surface area contributed by atoms with E-state index in [4.69, 9.17) is 6.42 Å². The van der Waals surface area contributed by atoms with Gasteiger partial charge in [0.05, 0.1) is 12.1 Å². The normalized spacial score (nSPS) is 24.5. The van der Waals surface area contributed by atoms with Crippen molar-refractivity contribution in [2.75, 3.05) is 19.6 Å². The minimum Gasteiger partial charge on any atom is -0.390 e. The van der Waals surface area contributed by atoms with Crippen LogP contribution in [0.2, 0.25) is 0 Å². The van der Waals surface area contributed by atoms with Crippen molar-refractivity contribution in [3.05, 3.63) is 0 Å². The van der Waals surface area contributed by atoms with Crippen LogP contribution in [0.15, 0.2) is 0 Å². The number of aliphatic hydroxyl groups is 1. The highest BCUT2D eigenvalue weighted by Gasteiger charge is 2.26. The Hall–Kier alpha value is -0.520. The second kappa shape index (κ2) is 3.25. The third-order valence-corrected chi connectivity index (χ3v) is 2.25. The first-order valence-corrected chi connectivity index (χ1v) is 4.02. The third kappa shape index (κ3) is 2.53. The molecule has 1 aliphatic rings. The predicted molar refractivity (Wildman–Crippen MR) is 45.1 cm³/mol. The van der Waals surface area contributed by atoms with Gasteiger partial charge in [0.2, 0.25) is 0 Å². The van der Waals surface area contributed by atoms with Crippen LogP contribution in [0.1, 0.15) is 19.8 Å². The largest absolute Gasteiger partial charge is 0.390 e. The number of terminal acetylenes is 1. The minimum absolute atomic E-state index is 0.453. The molecule has 0 aromatic heterocycles. The van der Waals surface area contributed by atoms with Gasteiger partial charge in [-0.2, -0.15) is 0 Å². The zero-order valence-electron chi connectivity index (χ0n) is 7.01. The van der Waals surface area contributed by atoms with Crippen LogP contribution >= 0.6 is 0 Å². The van der Waals surface area contributed by atoms with Crippen LogP contribution in [0.4, 0.5) is 0 Å². The topological polar surface area (TPSA) is 23.5 Å². The van der Waals surface area contributed by atoms with Gasteiger partial charge >= 0.3 is 0 Å². The Morgan fingerprint density at radius 1 is 1.55 bits per heavy atom. The molecule has 0 aromatic carbocycles. The summed E-state index contributed by atoms with van der Waals surface area (Å²) >= 11 is 0. The maximum Gasteiger partial charge on any atom is 0.0644 e. The van der Waals surface area contributed by atoms with Gasteiger partial charge in [0.1, 0.15) is 0 Å². The molecule has 0 saturated carbocycles. The summed E-state index contributed by atoms with van der Waals surface area (Å²) in [7, 11) is 0. The van der Waals surface area contributed by atoms with Crippen molar-refractivity contribution in [3.8, 4) is 12.3 Å². The quantitative estimate of drug-likeness (QED) is 0.553. The maximum absolute atomic E-state index is 9.58. The number of hydrogen-bond donors (Lipinski definition) is 1. The molecule has 2 nitrogen and oxygen atoms in total. The SMILES string of the molecule is C#CCN1CCC(C)(O)CC1. The molecular formula is C9H15NO. The molecule has 11 heavy (non-hydrogen) atoms. The average Bonchev–Trinajstić information content (AvgIpc) is 1.94. The smallest absolute Gasteiger partial charge is 0.0644 e. The van der Waals surface area contributed by atoms with Crippen LogP contribution in [0.5, 0.6) is 0 Å². The van der Waals surface area contributed by atoms with Crippen LogP contribution < -0.4 is 0 Å². The molecule has 1 saturated heterocycles. The van der Waals surface area contributed by atoms with Crippen molar-refractivity contribution in [2.45, 2.75) is 25.4 Å². The Morgan fingerprint density at radius 2 is 2.09 bits per heavy atom. The molecule has 0 spiro atoms. The number of likely N-dealkylation sites (tertiary alicyclic amines) is 1. The van der Waals surface area contributed by atoms with Gasteiger partial charge in [-0.25, -0.2) is 0 Å². The van der Waals surface area contributed by atoms with Gasteiger partial charge in [-0.3, -0.25) is 4.90 Å². The van der Waals surface area contributed by atoms with Crippen molar-refractivity contribution in [1.29, 1.82) is 0 Å². The number of piperidine rings is 1. The summed E-state index contributed by atoms with van der Waals surface area (Å²) < 4.78 is 0. The molecule has 1 rings (SSSR count). The van der Waals surface area contributed by atoms with Crippen LogP contribution in [0, 0.1) is 12.3 Å². The molecular weight excluding hydrogens is 138 g/mol. The molecule has 0 unspecified atom stereocenters. The first kappa shape index (κ1) is 8.58. The molecule has 62 valence electrons. The Morgan fingerprint density at radius 3 is 2.55 bits per heavy atom. The lowest BCUT2D eigenvalue weighted by Crippen LogP contribution is -2.42. The van der Waals surface area contributed by atoms with Crippen molar-refractivity contribution in [1.82, 2.24) is 4.90 Å². The van der Waals surface area contributed by atoms with E-state index in [0.29, 0.717) is 0 Å². The maximum atomic E-state index is 9.58. The molecule has 1 aliphatic heterocycles. The lowest BCUT2D eigenvalue weighted by atomic mass is 9.94. The zero-order valence-corrected chi connectivity index (χ0v) is 7.01. The number of nitrogens with zero attached hydrogens (tertiary/aromatic N) is 1. The summed E-state index contributed by atoms with van der Waals surface area (Å²) in [5, 5.41) is 9.58. The van der Waals surface area contributed by atoms with Gasteiger partial charge < -0.3 is 5.11 Å². The van der Waals surface area contributed by atoms with Crippen LogP contribution in [-0.4, -0.2) is 35.2 Å². The monoisotopic (exact) mass is 153 g/mol. The summed E-state index contributed by atoms with van der Waals surface area (Å²) in [4.78, 5) is 2.19. The van der Waals surface area contributed by atoms with Crippen LogP contribution in [0.25, 0.3) is 0 Å². The van der Waals surface area contributed by atoms with Gasteiger partial charge in [-0.05, 0) is 19.8 Å². The minimum atomic E-state index is -0.453. The Kier molecular flexibility index (Phi) is 2.53. The van der Waals surface area contributed by atoms with E-state index in [2.05, 4.69) is 10.8 Å². The Labute approximate surface area is 68.2 Å². The molecule has 0 radical (unpaired) electrons. The average molecular weight is 153 g/mol. The van der Waals surface area contributed by atoms with Crippen LogP contribution in [0.3, 0.4) is 0 Å². The van der Waals surface area contributed by atoms with E-state index in [0.717, 1.165) is 32.5 Å². The fraction of sp³-hybridized carbons (Fsp3) is 0.778. The highest BCUT2D eigenvalue weighted by atomic mass is 16.3. The second-order valence-corrected chi connectivity index (χ2v) is 3.48. The lowest BCUT2D eigenvalue weighted by molar-refractivity contribution is -0.00198. The zero-order chi connectivity index (χ0) is 8.32. The van der Waals surface area contributed by atoms with E-state index in [1.54, 1.807) is 0 Å². The summed E-state index contributed by atoms with van der Waals surface area (Å²) in [6, 6.07) is 0. The highest BCUT2D eigenvalue weighted by Crippen LogP contribution is 2.20. The number of hydrogen-bond acceptors (Lipinski definition) is 2. The summed E-state index contributed by atoms with van der Waals surface area (Å²) in [5.74, 6) is 2.61. The highest BCUT2D eigenvalue weighted by molar-refractivity contribution is 4.91. The van der Waals surface area contributed by atoms with Crippen LogP contribution in [-0.2, 0) is 0 Å². The first-order valence-electron chi connectivity index (χ1n) is 4.02. The molecule has 0 aromatic rings. The third-order valence-electron chi connectivity index (χ3n) is 2.25. The van der Waals surface area contributed by atoms with E-state index in [9.17, 15) is 5.11 Å². The van der Waals surface area contributed by atoms with Crippen molar-refractivity contribution in [2.24, 2.45) is 0 Å². The van der Waals surface area contributed by atoms with E-state index < -0.39 is 5.60 Å². The van der Waals surface area contributed by atoms with Crippen molar-refractivity contribution >= 4 is 0 Å². The molecule has 1 heterocycles. The van der Waals surface area contributed by atoms with E-state index in [-0.39, 0.29) is 0 Å². The summed E-state index contributed by atoms with van der Waals surface area (Å²) in [6.45, 7) is 4.46. The number of rotatable bonds is 1. The standard InChI is InChI=1S/C9H15NO/c1-3-6-10-7-4-9(2,11)5-8-10/h1,11H,4-8H2,2H3. The molecule has 0 aliphatic carbocycles. The fourth-order valence-electron chi connectivity index (χ4n) is 1.32. The Balaban J connectivity index is 2.32. The molecule has 0 atom stereocenters. The van der Waals surface area contributed by atoms with E-state index in [1.165, 1.54) is 0 Å². The van der Waals surface area contributed by atoms with E-state index >= 15 is 0 Å². The molecule has 1 fully saturated rings. The molecule has 1 N–H and O–H groups in total. The first-order chi connectivity index (χ1) is 5.14. The summed E-state index contributed by atoms with van der Waals surface area (Å²) in [5.41, 5.74) is -0.453. The van der Waals surface area contributed by atoms with Gasteiger partial charge in [0.15, 0.2) is 0 Å². The molecule has 2 heteroatoms. The lowest BCUT2D eigenvalue weighted by Gasteiger charge is -2.34. The fourth-order valence-corrected chi connectivity index (χ4v) is 1.32. The predicted octanol–water partition coefficient (Wildman–Crippen LogP) is 0.466. The van der Waals surface area contributed by atoms with Gasteiger partial charge in [0, 0.05) is 13.1 Å². The van der Waals surface area contributed by atoms with Gasteiger partial charge in [-0.15, -0.1) is 6.42 Å². The molecule has 0 amide bonds. The van der Waals surface area contributed by atoms with Gasteiger partial charge in [0.25, 0.3) is 0 Å². The Bertz CT molecular complexity index is 159. The summed E-state index contributed by atoms with van der Waals surface area (Å²) in [6.07, 6.45) is 6.86. The van der Waals surface area contributed by atoms with Crippen molar-refractivity contribution < 1.29 is 5.11 Å². The van der Waals surface area contributed by atoms with E-state index in [1.807, 2.05) is 6.92 Å². The van der Waals surface area contributed by atoms with Crippen molar-refractivity contribution in [3.63, 3.8) is 0 Å². The molecule has 0 bridgehead atoms. The second-order valence-electron chi connectivity index (χ2n) is 3.48.